The van der Waals surface area contributed by atoms with Gasteiger partial charge in [-0.2, -0.15) is 0 Å². The largest absolute Gasteiger partial charge is 0.465 e. The minimum absolute atomic E-state index is 0.321. The van der Waals surface area contributed by atoms with Crippen molar-refractivity contribution in [2.75, 3.05) is 26.2 Å². The highest BCUT2D eigenvalue weighted by Gasteiger charge is 2.68. The van der Waals surface area contributed by atoms with Crippen molar-refractivity contribution in [3.8, 4) is 0 Å². The van der Waals surface area contributed by atoms with Crippen LogP contribution in [0.1, 0.15) is 39.5 Å². The van der Waals surface area contributed by atoms with E-state index in [0.29, 0.717) is 23.4 Å². The van der Waals surface area contributed by atoms with E-state index in [2.05, 4.69) is 29.0 Å². The van der Waals surface area contributed by atoms with Crippen molar-refractivity contribution in [2.45, 2.75) is 57.7 Å². The molecular weight excluding hydrogens is 266 g/mol. The molecule has 5 heteroatoms. The molecule has 0 aromatic rings. The SMILES string of the molecule is CC(C)N1C[C@@H]2C[C@H]1CN2CC12CC(CNC(=O)O)(C1)C2. The van der Waals surface area contributed by atoms with Crippen LogP contribution in [0.5, 0.6) is 0 Å². The average molecular weight is 293 g/mol. The Bertz CT molecular complexity index is 445. The van der Waals surface area contributed by atoms with Crippen molar-refractivity contribution in [2.24, 2.45) is 10.8 Å². The van der Waals surface area contributed by atoms with E-state index in [4.69, 9.17) is 5.11 Å². The van der Waals surface area contributed by atoms with E-state index >= 15 is 0 Å². The van der Waals surface area contributed by atoms with Gasteiger partial charge in [-0.3, -0.25) is 9.80 Å². The van der Waals surface area contributed by atoms with E-state index < -0.39 is 6.09 Å². The molecule has 3 aliphatic carbocycles. The second-order valence-electron chi connectivity index (χ2n) is 8.45. The van der Waals surface area contributed by atoms with Gasteiger partial charge >= 0.3 is 6.09 Å². The van der Waals surface area contributed by atoms with Gasteiger partial charge in [0.1, 0.15) is 0 Å². The maximum absolute atomic E-state index is 10.6. The van der Waals surface area contributed by atoms with Crippen LogP contribution in [0.3, 0.4) is 0 Å². The van der Waals surface area contributed by atoms with Gasteiger partial charge in [-0.15, -0.1) is 0 Å². The molecule has 2 N–H and O–H groups in total. The van der Waals surface area contributed by atoms with Crippen molar-refractivity contribution in [3.05, 3.63) is 0 Å². The number of amides is 1. The zero-order valence-electron chi connectivity index (χ0n) is 13.1. The number of nitrogens with one attached hydrogen (secondary N) is 1. The standard InChI is InChI=1S/C16H27N3O2/c1-11(2)19-5-12-3-13(19)4-18(12)10-16-6-15(7-16,8-16)9-17-14(20)21/h11-13,17H,3-10H2,1-2H3,(H,20,21)/t12-,13-,15?,16?/m0/s1. The first-order chi connectivity index (χ1) is 9.90. The van der Waals surface area contributed by atoms with Gasteiger partial charge in [-0.25, -0.2) is 4.79 Å². The molecule has 2 saturated heterocycles. The molecule has 5 nitrogen and oxygen atoms in total. The van der Waals surface area contributed by atoms with E-state index in [1.54, 1.807) is 0 Å². The zero-order chi connectivity index (χ0) is 14.8. The van der Waals surface area contributed by atoms with Crippen LogP contribution in [0.25, 0.3) is 0 Å². The first kappa shape index (κ1) is 13.8. The molecule has 5 aliphatic rings. The van der Waals surface area contributed by atoms with Crippen molar-refractivity contribution in [3.63, 3.8) is 0 Å². The minimum atomic E-state index is -0.876. The third kappa shape index (κ3) is 2.08. The summed E-state index contributed by atoms with van der Waals surface area (Å²) < 4.78 is 0. The molecule has 0 aromatic carbocycles. The number of hydrogen-bond acceptors (Lipinski definition) is 3. The van der Waals surface area contributed by atoms with Crippen molar-refractivity contribution >= 4 is 6.09 Å². The summed E-state index contributed by atoms with van der Waals surface area (Å²) in [4.78, 5) is 16.0. The zero-order valence-corrected chi connectivity index (χ0v) is 13.1. The predicted molar refractivity (Wildman–Crippen MR) is 80.4 cm³/mol. The second-order valence-corrected chi connectivity index (χ2v) is 8.45. The Kier molecular flexibility index (Phi) is 2.87. The van der Waals surface area contributed by atoms with Gasteiger partial charge in [-0.1, -0.05) is 0 Å². The topological polar surface area (TPSA) is 55.8 Å². The smallest absolute Gasteiger partial charge is 0.404 e. The number of nitrogens with zero attached hydrogens (tertiary/aromatic N) is 2. The Hall–Kier alpha value is -0.810. The van der Waals surface area contributed by atoms with Crippen molar-refractivity contribution in [1.82, 2.24) is 15.1 Å². The van der Waals surface area contributed by atoms with E-state index in [1.807, 2.05) is 0 Å². The molecule has 0 spiro atoms. The van der Waals surface area contributed by atoms with Gasteiger partial charge in [0.2, 0.25) is 0 Å². The van der Waals surface area contributed by atoms with Gasteiger partial charge in [-0.05, 0) is 50.4 Å². The van der Waals surface area contributed by atoms with Crippen LogP contribution in [0.2, 0.25) is 0 Å². The number of carboxylic acid groups (broad SMARTS) is 1. The Morgan fingerprint density at radius 3 is 2.48 bits per heavy atom. The van der Waals surface area contributed by atoms with E-state index in [0.717, 1.165) is 12.1 Å². The van der Waals surface area contributed by atoms with Crippen molar-refractivity contribution < 1.29 is 9.90 Å². The second kappa shape index (κ2) is 4.35. The average Bonchev–Trinajstić information content (AvgIpc) is 2.89. The first-order valence-corrected chi connectivity index (χ1v) is 8.37. The monoisotopic (exact) mass is 293 g/mol. The van der Waals surface area contributed by atoms with Crippen LogP contribution in [0, 0.1) is 10.8 Å². The normalized spacial score (nSPS) is 44.7. The number of rotatable bonds is 5. The molecule has 0 unspecified atom stereocenters. The maximum Gasteiger partial charge on any atom is 0.404 e. The summed E-state index contributed by atoms with van der Waals surface area (Å²) in [6.07, 6.45) is 4.20. The molecule has 0 aromatic heterocycles. The maximum atomic E-state index is 10.6. The fourth-order valence-corrected chi connectivity index (χ4v) is 5.89. The highest BCUT2D eigenvalue weighted by molar-refractivity contribution is 5.64. The third-order valence-corrected chi connectivity index (χ3v) is 6.46. The fourth-order valence-electron chi connectivity index (χ4n) is 5.89. The van der Waals surface area contributed by atoms with E-state index in [1.165, 1.54) is 45.3 Å². The lowest BCUT2D eigenvalue weighted by Crippen LogP contribution is -2.69. The molecule has 5 fully saturated rings. The molecule has 2 atom stereocenters. The molecule has 2 heterocycles. The Morgan fingerprint density at radius 2 is 1.95 bits per heavy atom. The molecule has 2 aliphatic heterocycles. The van der Waals surface area contributed by atoms with Crippen molar-refractivity contribution in [1.29, 1.82) is 0 Å². The molecule has 0 radical (unpaired) electrons. The first-order valence-electron chi connectivity index (χ1n) is 8.37. The predicted octanol–water partition coefficient (Wildman–Crippen LogP) is 1.59. The summed E-state index contributed by atoms with van der Waals surface area (Å²) >= 11 is 0. The van der Waals surface area contributed by atoms with Gasteiger partial charge in [0.05, 0.1) is 0 Å². The summed E-state index contributed by atoms with van der Waals surface area (Å²) in [7, 11) is 0. The molecular formula is C16H27N3O2. The van der Waals surface area contributed by atoms with Gasteiger partial charge < -0.3 is 10.4 Å². The lowest BCUT2D eigenvalue weighted by Gasteiger charge is -2.72. The van der Waals surface area contributed by atoms with Crippen LogP contribution in [-0.4, -0.2) is 65.3 Å². The van der Waals surface area contributed by atoms with Crippen LogP contribution >= 0.6 is 0 Å². The van der Waals surface area contributed by atoms with Crippen LogP contribution in [0.15, 0.2) is 0 Å². The lowest BCUT2D eigenvalue weighted by molar-refractivity contribution is -0.211. The van der Waals surface area contributed by atoms with Gasteiger partial charge in [0.25, 0.3) is 0 Å². The molecule has 3 saturated carbocycles. The van der Waals surface area contributed by atoms with Gasteiger partial charge in [0.15, 0.2) is 0 Å². The van der Waals surface area contributed by atoms with Crippen LogP contribution < -0.4 is 5.32 Å². The molecule has 5 rings (SSSR count). The molecule has 4 bridgehead atoms. The summed E-state index contributed by atoms with van der Waals surface area (Å²) in [5, 5.41) is 11.3. The van der Waals surface area contributed by atoms with Gasteiger partial charge in [0, 0.05) is 44.3 Å². The Labute approximate surface area is 126 Å². The number of hydrogen-bond donors (Lipinski definition) is 2. The van der Waals surface area contributed by atoms with E-state index in [9.17, 15) is 4.79 Å². The van der Waals surface area contributed by atoms with Crippen LogP contribution in [-0.2, 0) is 0 Å². The fraction of sp³-hybridized carbons (Fsp3) is 0.938. The Morgan fingerprint density at radius 1 is 1.24 bits per heavy atom. The summed E-state index contributed by atoms with van der Waals surface area (Å²) in [5.41, 5.74) is 0.856. The quantitative estimate of drug-likeness (QED) is 0.808. The minimum Gasteiger partial charge on any atom is -0.465 e. The summed E-state index contributed by atoms with van der Waals surface area (Å²) in [5.74, 6) is 0. The highest BCUT2D eigenvalue weighted by atomic mass is 16.4. The summed E-state index contributed by atoms with van der Waals surface area (Å²) in [6, 6.07) is 2.24. The Balaban J connectivity index is 1.27. The molecule has 118 valence electrons. The molecule has 21 heavy (non-hydrogen) atoms. The third-order valence-electron chi connectivity index (χ3n) is 6.46. The number of fused-ring (bicyclic) bond motifs is 2. The number of carbonyl (C=O) groups is 1. The number of likely N-dealkylation sites (tertiary alicyclic amines) is 2. The van der Waals surface area contributed by atoms with Crippen LogP contribution in [0.4, 0.5) is 4.79 Å². The molecule has 1 amide bonds. The summed E-state index contributed by atoms with van der Waals surface area (Å²) in [6.45, 7) is 9.05. The highest BCUT2D eigenvalue weighted by Crippen LogP contribution is 2.73. The van der Waals surface area contributed by atoms with E-state index in [-0.39, 0.29) is 0 Å². The number of piperazine rings is 1. The lowest BCUT2D eigenvalue weighted by atomic mass is 9.35.